The van der Waals surface area contributed by atoms with Crippen molar-refractivity contribution in [1.29, 1.82) is 0 Å². The van der Waals surface area contributed by atoms with Crippen molar-refractivity contribution in [2.24, 2.45) is 0 Å². The summed E-state index contributed by atoms with van der Waals surface area (Å²) in [5.41, 5.74) is 2.09. The van der Waals surface area contributed by atoms with Crippen LogP contribution in [0.4, 0.5) is 14.5 Å². The van der Waals surface area contributed by atoms with Crippen LogP contribution in [0.25, 0.3) is 0 Å². The maximum Gasteiger partial charge on any atom is 0.261 e. The van der Waals surface area contributed by atoms with Gasteiger partial charge in [-0.05, 0) is 53.9 Å². The Labute approximate surface area is 145 Å². The van der Waals surface area contributed by atoms with E-state index in [1.807, 2.05) is 0 Å². The van der Waals surface area contributed by atoms with Crippen LogP contribution in [0.3, 0.4) is 0 Å². The van der Waals surface area contributed by atoms with E-state index in [2.05, 4.69) is 10.0 Å². The quantitative estimate of drug-likeness (QED) is 0.864. The van der Waals surface area contributed by atoms with Gasteiger partial charge in [0.15, 0.2) is 0 Å². The molecule has 8 heteroatoms. The monoisotopic (exact) mass is 374 g/mol. The molecular formula is C16H17ClF2N2O2S. The lowest BCUT2D eigenvalue weighted by atomic mass is 9.96. The maximum atomic E-state index is 12.9. The second-order valence-corrected chi connectivity index (χ2v) is 7.16. The number of rotatable bonds is 4. The molecular weight excluding hydrogens is 358 g/mol. The molecule has 0 aliphatic carbocycles. The van der Waals surface area contributed by atoms with Crippen molar-refractivity contribution < 1.29 is 17.2 Å². The molecule has 1 aliphatic rings. The first-order valence-electron chi connectivity index (χ1n) is 7.17. The number of benzene rings is 2. The highest BCUT2D eigenvalue weighted by atomic mass is 35.5. The summed E-state index contributed by atoms with van der Waals surface area (Å²) >= 11 is 0. The molecule has 2 aromatic carbocycles. The molecule has 0 aromatic heterocycles. The van der Waals surface area contributed by atoms with Gasteiger partial charge in [0.2, 0.25) is 0 Å². The largest absolute Gasteiger partial charge is 0.307 e. The third-order valence-corrected chi connectivity index (χ3v) is 5.20. The summed E-state index contributed by atoms with van der Waals surface area (Å²) in [5.74, 6) is -0.435. The molecule has 24 heavy (non-hydrogen) atoms. The predicted molar refractivity (Wildman–Crippen MR) is 91.2 cm³/mol. The highest BCUT2D eigenvalue weighted by molar-refractivity contribution is 7.92. The summed E-state index contributed by atoms with van der Waals surface area (Å²) < 4.78 is 52.8. The minimum absolute atomic E-state index is 0. The number of hydrogen-bond acceptors (Lipinski definition) is 3. The Kier molecular flexibility index (Phi) is 5.79. The van der Waals surface area contributed by atoms with Gasteiger partial charge in [-0.1, -0.05) is 6.07 Å². The van der Waals surface area contributed by atoms with Crippen LogP contribution >= 0.6 is 12.4 Å². The first-order chi connectivity index (χ1) is 11.0. The third-order valence-electron chi connectivity index (χ3n) is 3.82. The van der Waals surface area contributed by atoms with Gasteiger partial charge in [-0.15, -0.1) is 12.4 Å². The van der Waals surface area contributed by atoms with Crippen molar-refractivity contribution in [2.75, 3.05) is 11.4 Å². The Bertz CT molecular complexity index is 813. The van der Waals surface area contributed by atoms with E-state index in [4.69, 9.17) is 0 Å². The average molecular weight is 375 g/mol. The van der Waals surface area contributed by atoms with Gasteiger partial charge in [-0.2, -0.15) is 0 Å². The molecule has 0 saturated heterocycles. The van der Waals surface area contributed by atoms with Crippen molar-refractivity contribution in [3.05, 3.63) is 59.4 Å². The summed E-state index contributed by atoms with van der Waals surface area (Å²) in [6.45, 7) is -0.0184. The summed E-state index contributed by atoms with van der Waals surface area (Å²) in [6.07, 6.45) is 0.539. The molecule has 1 unspecified atom stereocenters. The van der Waals surface area contributed by atoms with Crippen molar-refractivity contribution in [3.8, 4) is 0 Å². The van der Waals surface area contributed by atoms with Crippen LogP contribution in [-0.4, -0.2) is 21.1 Å². The average Bonchev–Trinajstić information content (AvgIpc) is 2.55. The van der Waals surface area contributed by atoms with Gasteiger partial charge >= 0.3 is 0 Å². The Morgan fingerprint density at radius 1 is 1.12 bits per heavy atom. The van der Waals surface area contributed by atoms with Crippen molar-refractivity contribution in [3.63, 3.8) is 0 Å². The second-order valence-electron chi connectivity index (χ2n) is 5.48. The van der Waals surface area contributed by atoms with Crippen LogP contribution in [0.1, 0.15) is 11.1 Å². The number of fused-ring (bicyclic) bond motifs is 1. The molecule has 0 saturated carbocycles. The lowest BCUT2D eigenvalue weighted by Gasteiger charge is -2.24. The Balaban J connectivity index is 0.00000208. The number of anilines is 1. The van der Waals surface area contributed by atoms with Gasteiger partial charge in [-0.25, -0.2) is 17.2 Å². The second kappa shape index (κ2) is 7.46. The Morgan fingerprint density at radius 3 is 2.50 bits per heavy atom. The minimum Gasteiger partial charge on any atom is -0.307 e. The van der Waals surface area contributed by atoms with Crippen LogP contribution in [-0.2, 0) is 23.0 Å². The Morgan fingerprint density at radius 2 is 1.83 bits per heavy atom. The topological polar surface area (TPSA) is 58.2 Å². The van der Waals surface area contributed by atoms with E-state index in [1.54, 1.807) is 12.1 Å². The molecule has 0 spiro atoms. The lowest BCUT2D eigenvalue weighted by molar-refractivity contribution is 0.358. The van der Waals surface area contributed by atoms with E-state index in [9.17, 15) is 17.2 Å². The zero-order valence-corrected chi connectivity index (χ0v) is 14.3. The van der Waals surface area contributed by atoms with E-state index >= 15 is 0 Å². The molecule has 0 bridgehead atoms. The molecule has 0 amide bonds. The molecule has 130 valence electrons. The highest BCUT2D eigenvalue weighted by Gasteiger charge is 2.21. The van der Waals surface area contributed by atoms with Crippen LogP contribution in [0.5, 0.6) is 0 Å². The lowest BCUT2D eigenvalue weighted by Crippen LogP contribution is -2.37. The SMILES string of the molecule is Cl.O=S(=O)(Nc1ccc(F)cc1)c1ccc2c(c1)CNC(CF)C2. The van der Waals surface area contributed by atoms with Gasteiger partial charge in [0, 0.05) is 18.3 Å². The summed E-state index contributed by atoms with van der Waals surface area (Å²) in [6, 6.07) is 9.68. The fourth-order valence-electron chi connectivity index (χ4n) is 2.57. The van der Waals surface area contributed by atoms with Crippen LogP contribution in [0, 0.1) is 5.82 Å². The van der Waals surface area contributed by atoms with E-state index in [0.29, 0.717) is 18.7 Å². The normalized spacial score (nSPS) is 16.8. The van der Waals surface area contributed by atoms with Crippen molar-refractivity contribution in [2.45, 2.75) is 23.9 Å². The van der Waals surface area contributed by atoms with E-state index in [0.717, 1.165) is 11.1 Å². The number of nitrogens with one attached hydrogen (secondary N) is 2. The zero-order valence-electron chi connectivity index (χ0n) is 12.6. The number of hydrogen-bond donors (Lipinski definition) is 2. The molecule has 1 aliphatic heterocycles. The number of halogens is 3. The summed E-state index contributed by atoms with van der Waals surface area (Å²) in [5, 5.41) is 3.03. The fraction of sp³-hybridized carbons (Fsp3) is 0.250. The molecule has 2 aromatic rings. The van der Waals surface area contributed by atoms with Gasteiger partial charge in [0.25, 0.3) is 10.0 Å². The van der Waals surface area contributed by atoms with E-state index in [-0.39, 0.29) is 23.3 Å². The highest BCUT2D eigenvalue weighted by Crippen LogP contribution is 2.23. The van der Waals surface area contributed by atoms with Crippen molar-refractivity contribution >= 4 is 28.1 Å². The van der Waals surface area contributed by atoms with Crippen LogP contribution in [0.15, 0.2) is 47.4 Å². The molecule has 3 rings (SSSR count). The molecule has 1 atom stereocenters. The summed E-state index contributed by atoms with van der Waals surface area (Å²) in [4.78, 5) is 0.126. The van der Waals surface area contributed by atoms with Gasteiger partial charge in [0.05, 0.1) is 4.90 Å². The third kappa shape index (κ3) is 4.03. The van der Waals surface area contributed by atoms with Crippen LogP contribution < -0.4 is 10.0 Å². The predicted octanol–water partition coefficient (Wildman–Crippen LogP) is 3.03. The number of alkyl halides is 1. The Hall–Kier alpha value is -1.70. The van der Waals surface area contributed by atoms with E-state index < -0.39 is 22.5 Å². The van der Waals surface area contributed by atoms with Gasteiger partial charge in [0.1, 0.15) is 12.5 Å². The van der Waals surface area contributed by atoms with Gasteiger partial charge < -0.3 is 5.32 Å². The maximum absolute atomic E-state index is 12.9. The number of sulfonamides is 1. The molecule has 4 nitrogen and oxygen atoms in total. The van der Waals surface area contributed by atoms with E-state index in [1.165, 1.54) is 30.3 Å². The molecule has 2 N–H and O–H groups in total. The standard InChI is InChI=1S/C16H16F2N2O2S.ClH/c17-9-15-7-11-1-6-16(8-12(11)10-19-15)23(21,22)20-14-4-2-13(18)3-5-14;/h1-6,8,15,19-20H,7,9-10H2;1H. The first-order valence-corrected chi connectivity index (χ1v) is 8.66. The van der Waals surface area contributed by atoms with Crippen molar-refractivity contribution in [1.82, 2.24) is 5.32 Å². The van der Waals surface area contributed by atoms with Gasteiger partial charge in [-0.3, -0.25) is 4.72 Å². The smallest absolute Gasteiger partial charge is 0.261 e. The zero-order chi connectivity index (χ0) is 16.4. The summed E-state index contributed by atoms with van der Waals surface area (Å²) in [7, 11) is -3.75. The van der Waals surface area contributed by atoms with Crippen LogP contribution in [0.2, 0.25) is 0 Å². The molecule has 0 fully saturated rings. The fourth-order valence-corrected chi connectivity index (χ4v) is 3.68. The molecule has 0 radical (unpaired) electrons. The first kappa shape index (κ1) is 18.6. The molecule has 1 heterocycles. The minimum atomic E-state index is -3.75.